The molecule has 0 saturated heterocycles. The van der Waals surface area contributed by atoms with Crippen molar-refractivity contribution < 1.29 is 33.7 Å². The number of aliphatic hydroxyl groups excluding tert-OH is 1. The zero-order valence-electron chi connectivity index (χ0n) is 17.1. The second-order valence-corrected chi connectivity index (χ2v) is 7.58. The van der Waals surface area contributed by atoms with Gasteiger partial charge in [0.05, 0.1) is 6.20 Å². The number of aliphatic hydroxyl groups is 1. The van der Waals surface area contributed by atoms with Crippen LogP contribution >= 0.6 is 0 Å². The molecule has 1 atom stereocenters. The molecule has 0 aliphatic heterocycles. The minimum absolute atomic E-state index is 0.108. The summed E-state index contributed by atoms with van der Waals surface area (Å²) < 4.78 is 26.3. The molecular formula is C20H26FN3O6. The number of carbonyl (C=O) groups is 2. The molecular weight excluding hydrogens is 397 g/mol. The maximum absolute atomic E-state index is 14.4. The first-order valence-electron chi connectivity index (χ1n) is 9.38. The van der Waals surface area contributed by atoms with E-state index in [1.54, 1.807) is 31.6 Å². The van der Waals surface area contributed by atoms with Crippen molar-refractivity contribution in [1.82, 2.24) is 15.1 Å². The maximum Gasteiger partial charge on any atom is 0.407 e. The second kappa shape index (κ2) is 10.1. The quantitative estimate of drug-likeness (QED) is 0.529. The van der Waals surface area contributed by atoms with E-state index < -0.39 is 36.2 Å². The number of aliphatic carboxylic acids is 1. The molecule has 1 aromatic heterocycles. The van der Waals surface area contributed by atoms with Crippen molar-refractivity contribution in [2.75, 3.05) is 13.2 Å². The SMILES string of the molecule is CC(C)(C)OC(=O)NCCCn1cc(-c2ccc(OCC(O)C(=O)O)cc2F)cn1. The number of amides is 1. The highest BCUT2D eigenvalue weighted by Crippen LogP contribution is 2.26. The fourth-order valence-corrected chi connectivity index (χ4v) is 2.44. The van der Waals surface area contributed by atoms with Crippen molar-refractivity contribution >= 4 is 12.1 Å². The van der Waals surface area contributed by atoms with Gasteiger partial charge in [0.2, 0.25) is 0 Å². The van der Waals surface area contributed by atoms with E-state index in [1.807, 2.05) is 0 Å². The standard InChI is InChI=1S/C20H26FN3O6/c1-20(2,3)30-19(28)22-7-4-8-24-11-13(10-23-24)15-6-5-14(9-16(15)21)29-12-17(25)18(26)27/h5-6,9-11,17,25H,4,7-8,12H2,1-3H3,(H,22,28)(H,26,27). The zero-order chi connectivity index (χ0) is 22.3. The number of hydrogen-bond donors (Lipinski definition) is 3. The van der Waals surface area contributed by atoms with Gasteiger partial charge < -0.3 is 25.0 Å². The average molecular weight is 423 g/mol. The molecule has 0 aliphatic rings. The number of rotatable bonds is 9. The monoisotopic (exact) mass is 423 g/mol. The van der Waals surface area contributed by atoms with Gasteiger partial charge in [0.25, 0.3) is 0 Å². The predicted octanol–water partition coefficient (Wildman–Crippen LogP) is 2.43. The molecule has 1 amide bonds. The normalized spacial score (nSPS) is 12.3. The third-order valence-electron chi connectivity index (χ3n) is 3.81. The first kappa shape index (κ1) is 23.1. The molecule has 0 aliphatic carbocycles. The number of nitrogens with one attached hydrogen (secondary N) is 1. The summed E-state index contributed by atoms with van der Waals surface area (Å²) >= 11 is 0. The number of aryl methyl sites for hydroxylation is 1. The van der Waals surface area contributed by atoms with E-state index in [9.17, 15) is 19.1 Å². The Kier molecular flexibility index (Phi) is 7.76. The Labute approximate surface area is 173 Å². The molecule has 0 spiro atoms. The van der Waals surface area contributed by atoms with Gasteiger partial charge in [-0.1, -0.05) is 0 Å². The summed E-state index contributed by atoms with van der Waals surface area (Å²) in [4.78, 5) is 22.2. The lowest BCUT2D eigenvalue weighted by Crippen LogP contribution is -2.33. The lowest BCUT2D eigenvalue weighted by Gasteiger charge is -2.19. The number of nitrogens with zero attached hydrogens (tertiary/aromatic N) is 2. The Balaban J connectivity index is 1.86. The maximum atomic E-state index is 14.4. The first-order chi connectivity index (χ1) is 14.0. The van der Waals surface area contributed by atoms with Gasteiger partial charge in [-0.05, 0) is 39.3 Å². The number of ether oxygens (including phenoxy) is 2. The Bertz CT molecular complexity index is 878. The van der Waals surface area contributed by atoms with Crippen LogP contribution in [-0.2, 0) is 16.1 Å². The lowest BCUT2D eigenvalue weighted by atomic mass is 10.1. The van der Waals surface area contributed by atoms with Crippen molar-refractivity contribution in [1.29, 1.82) is 0 Å². The molecule has 0 fully saturated rings. The summed E-state index contributed by atoms with van der Waals surface area (Å²) in [5.74, 6) is -1.87. The zero-order valence-corrected chi connectivity index (χ0v) is 17.1. The molecule has 1 aromatic carbocycles. The van der Waals surface area contributed by atoms with Gasteiger partial charge in [-0.15, -0.1) is 0 Å². The van der Waals surface area contributed by atoms with Crippen LogP contribution in [0.25, 0.3) is 11.1 Å². The molecule has 164 valence electrons. The minimum atomic E-state index is -1.68. The number of carbonyl (C=O) groups excluding carboxylic acids is 1. The third-order valence-corrected chi connectivity index (χ3v) is 3.81. The molecule has 2 aromatic rings. The van der Waals surface area contributed by atoms with E-state index in [-0.39, 0.29) is 5.75 Å². The van der Waals surface area contributed by atoms with Gasteiger partial charge in [-0.3, -0.25) is 4.68 Å². The molecule has 9 nitrogen and oxygen atoms in total. The van der Waals surface area contributed by atoms with Crippen LogP contribution in [0.4, 0.5) is 9.18 Å². The lowest BCUT2D eigenvalue weighted by molar-refractivity contribution is -0.148. The fraction of sp³-hybridized carbons (Fsp3) is 0.450. The van der Waals surface area contributed by atoms with Gasteiger partial charge in [0.1, 0.15) is 23.8 Å². The highest BCUT2D eigenvalue weighted by atomic mass is 19.1. The minimum Gasteiger partial charge on any atom is -0.490 e. The second-order valence-electron chi connectivity index (χ2n) is 7.58. The van der Waals surface area contributed by atoms with E-state index in [0.717, 1.165) is 6.07 Å². The van der Waals surface area contributed by atoms with Crippen molar-refractivity contribution in [3.8, 4) is 16.9 Å². The molecule has 30 heavy (non-hydrogen) atoms. The summed E-state index contributed by atoms with van der Waals surface area (Å²) in [6.45, 7) is 5.81. The Morgan fingerprint density at radius 2 is 2.07 bits per heavy atom. The van der Waals surface area contributed by atoms with Crippen molar-refractivity contribution in [3.63, 3.8) is 0 Å². The molecule has 3 N–H and O–H groups in total. The van der Waals surface area contributed by atoms with Crippen LogP contribution in [0.3, 0.4) is 0 Å². The number of alkyl carbamates (subject to hydrolysis) is 1. The Morgan fingerprint density at radius 3 is 2.70 bits per heavy atom. The Hall–Kier alpha value is -3.14. The summed E-state index contributed by atoms with van der Waals surface area (Å²) in [6.07, 6.45) is 1.65. The van der Waals surface area contributed by atoms with Crippen molar-refractivity contribution in [2.45, 2.75) is 45.4 Å². The van der Waals surface area contributed by atoms with Crippen molar-refractivity contribution in [2.24, 2.45) is 0 Å². The first-order valence-corrected chi connectivity index (χ1v) is 9.38. The van der Waals surface area contributed by atoms with E-state index in [4.69, 9.17) is 14.6 Å². The van der Waals surface area contributed by atoms with Gasteiger partial charge in [-0.2, -0.15) is 5.10 Å². The van der Waals surface area contributed by atoms with Crippen LogP contribution in [-0.4, -0.2) is 56.9 Å². The smallest absolute Gasteiger partial charge is 0.407 e. The van der Waals surface area contributed by atoms with Gasteiger partial charge in [0.15, 0.2) is 6.10 Å². The van der Waals surface area contributed by atoms with Crippen LogP contribution in [0, 0.1) is 5.82 Å². The van der Waals surface area contributed by atoms with Crippen LogP contribution in [0.5, 0.6) is 5.75 Å². The van der Waals surface area contributed by atoms with E-state index in [2.05, 4.69) is 10.4 Å². The molecule has 0 bridgehead atoms. The van der Waals surface area contributed by atoms with Crippen LogP contribution in [0.15, 0.2) is 30.6 Å². The topological polar surface area (TPSA) is 123 Å². The van der Waals surface area contributed by atoms with Gasteiger partial charge >= 0.3 is 12.1 Å². The molecule has 1 heterocycles. The van der Waals surface area contributed by atoms with E-state index >= 15 is 0 Å². The van der Waals surface area contributed by atoms with Gasteiger partial charge in [0, 0.05) is 36.5 Å². The highest BCUT2D eigenvalue weighted by molar-refractivity contribution is 5.72. The Morgan fingerprint density at radius 1 is 1.33 bits per heavy atom. The van der Waals surface area contributed by atoms with Crippen LogP contribution < -0.4 is 10.1 Å². The molecule has 2 rings (SSSR count). The number of carboxylic acids is 1. The third kappa shape index (κ3) is 7.36. The summed E-state index contributed by atoms with van der Waals surface area (Å²) in [6, 6.07) is 4.09. The number of halogens is 1. The fourth-order valence-electron chi connectivity index (χ4n) is 2.44. The number of carboxylic acid groups (broad SMARTS) is 1. The van der Waals surface area contributed by atoms with E-state index in [0.29, 0.717) is 30.6 Å². The van der Waals surface area contributed by atoms with Crippen LogP contribution in [0.2, 0.25) is 0 Å². The molecule has 0 saturated carbocycles. The van der Waals surface area contributed by atoms with Crippen LogP contribution in [0.1, 0.15) is 27.2 Å². The highest BCUT2D eigenvalue weighted by Gasteiger charge is 2.16. The number of aromatic nitrogens is 2. The average Bonchev–Trinajstić information content (AvgIpc) is 3.10. The molecule has 1 unspecified atom stereocenters. The predicted molar refractivity (Wildman–Crippen MR) is 106 cm³/mol. The molecule has 0 radical (unpaired) electrons. The summed E-state index contributed by atoms with van der Waals surface area (Å²) in [5.41, 5.74) is 0.311. The largest absolute Gasteiger partial charge is 0.490 e. The van der Waals surface area contributed by atoms with E-state index in [1.165, 1.54) is 18.3 Å². The summed E-state index contributed by atoms with van der Waals surface area (Å²) in [5, 5.41) is 24.7. The summed E-state index contributed by atoms with van der Waals surface area (Å²) in [7, 11) is 0. The van der Waals surface area contributed by atoms with Crippen molar-refractivity contribution in [3.05, 3.63) is 36.4 Å². The molecule has 10 heteroatoms. The number of benzene rings is 1. The van der Waals surface area contributed by atoms with Gasteiger partial charge in [-0.25, -0.2) is 14.0 Å². The number of hydrogen-bond acceptors (Lipinski definition) is 6.